The van der Waals surface area contributed by atoms with Gasteiger partial charge in [-0.3, -0.25) is 4.79 Å². The quantitative estimate of drug-likeness (QED) is 0.845. The average molecular weight is 285 g/mol. The lowest BCUT2D eigenvalue weighted by Crippen LogP contribution is -2.48. The van der Waals surface area contributed by atoms with Crippen LogP contribution in [-0.4, -0.2) is 55.5 Å². The Hall–Kier alpha value is -1.26. The molecule has 106 valence electrons. The summed E-state index contributed by atoms with van der Waals surface area (Å²) in [7, 11) is 2.08. The van der Waals surface area contributed by atoms with E-state index >= 15 is 0 Å². The van der Waals surface area contributed by atoms with E-state index in [-0.39, 0.29) is 24.9 Å². The van der Waals surface area contributed by atoms with Crippen molar-refractivity contribution in [2.45, 2.75) is 6.92 Å². The molecule has 1 aromatic rings. The Labute approximate surface area is 120 Å². The molecule has 1 fully saturated rings. The smallest absolute Gasteiger partial charge is 0.260 e. The van der Waals surface area contributed by atoms with Crippen molar-refractivity contribution in [2.24, 2.45) is 0 Å². The third-order valence-corrected chi connectivity index (χ3v) is 3.30. The van der Waals surface area contributed by atoms with Gasteiger partial charge in [-0.25, -0.2) is 0 Å². The third kappa shape index (κ3) is 4.40. The van der Waals surface area contributed by atoms with Gasteiger partial charge in [0.2, 0.25) is 0 Å². The van der Waals surface area contributed by atoms with Gasteiger partial charge in [0.25, 0.3) is 5.91 Å². The Morgan fingerprint density at radius 1 is 1.21 bits per heavy atom. The molecule has 1 aliphatic heterocycles. The molecule has 0 aromatic heterocycles. The molecular formula is C14H21ClN2O2. The van der Waals surface area contributed by atoms with Gasteiger partial charge in [0.05, 0.1) is 0 Å². The van der Waals surface area contributed by atoms with Gasteiger partial charge in [0.1, 0.15) is 5.75 Å². The standard InChI is InChI=1S/C14H20N2O2.ClH/c1-12-5-3-4-6-13(12)18-11-14(17)16-9-7-15(2)8-10-16;/h3-6H,7-11H2,1-2H3;1H. The number of benzene rings is 1. The van der Waals surface area contributed by atoms with Crippen LogP contribution in [-0.2, 0) is 4.79 Å². The number of carbonyl (C=O) groups is 1. The maximum Gasteiger partial charge on any atom is 0.260 e. The summed E-state index contributed by atoms with van der Waals surface area (Å²) in [5.74, 6) is 0.867. The zero-order valence-corrected chi connectivity index (χ0v) is 12.3. The van der Waals surface area contributed by atoms with E-state index in [2.05, 4.69) is 11.9 Å². The minimum absolute atomic E-state index is 0. The summed E-state index contributed by atoms with van der Waals surface area (Å²) in [4.78, 5) is 16.1. The van der Waals surface area contributed by atoms with Crippen molar-refractivity contribution in [2.75, 3.05) is 39.8 Å². The van der Waals surface area contributed by atoms with Crippen LogP contribution in [0.15, 0.2) is 24.3 Å². The number of likely N-dealkylation sites (N-methyl/N-ethyl adjacent to an activating group) is 1. The summed E-state index contributed by atoms with van der Waals surface area (Å²) < 4.78 is 5.57. The van der Waals surface area contributed by atoms with Gasteiger partial charge in [0, 0.05) is 26.2 Å². The second-order valence-corrected chi connectivity index (χ2v) is 4.74. The molecule has 1 heterocycles. The van der Waals surface area contributed by atoms with E-state index in [4.69, 9.17) is 4.74 Å². The highest BCUT2D eigenvalue weighted by Gasteiger charge is 2.19. The zero-order valence-electron chi connectivity index (χ0n) is 11.5. The second kappa shape index (κ2) is 7.36. The molecule has 0 saturated carbocycles. The molecule has 0 spiro atoms. The van der Waals surface area contributed by atoms with Crippen molar-refractivity contribution < 1.29 is 9.53 Å². The SMILES string of the molecule is Cc1ccccc1OCC(=O)N1CCN(C)CC1.Cl. The van der Waals surface area contributed by atoms with Crippen molar-refractivity contribution in [3.05, 3.63) is 29.8 Å². The fourth-order valence-corrected chi connectivity index (χ4v) is 2.00. The van der Waals surface area contributed by atoms with Gasteiger partial charge in [-0.05, 0) is 25.6 Å². The number of aryl methyl sites for hydroxylation is 1. The number of halogens is 1. The second-order valence-electron chi connectivity index (χ2n) is 4.74. The summed E-state index contributed by atoms with van der Waals surface area (Å²) in [6.07, 6.45) is 0. The molecule has 0 bridgehead atoms. The topological polar surface area (TPSA) is 32.8 Å². The molecule has 0 atom stereocenters. The van der Waals surface area contributed by atoms with E-state index in [0.717, 1.165) is 37.5 Å². The fraction of sp³-hybridized carbons (Fsp3) is 0.500. The van der Waals surface area contributed by atoms with Gasteiger partial charge < -0.3 is 14.5 Å². The Balaban J connectivity index is 0.00000180. The number of rotatable bonds is 3. The van der Waals surface area contributed by atoms with Gasteiger partial charge in [-0.2, -0.15) is 0 Å². The largest absolute Gasteiger partial charge is 0.484 e. The molecule has 1 aliphatic rings. The van der Waals surface area contributed by atoms with Crippen LogP contribution >= 0.6 is 12.4 Å². The molecular weight excluding hydrogens is 264 g/mol. The van der Waals surface area contributed by atoms with Crippen LogP contribution in [0.3, 0.4) is 0 Å². The van der Waals surface area contributed by atoms with Gasteiger partial charge in [0.15, 0.2) is 6.61 Å². The number of amides is 1. The van der Waals surface area contributed by atoms with Crippen molar-refractivity contribution in [3.8, 4) is 5.75 Å². The van der Waals surface area contributed by atoms with E-state index in [1.54, 1.807) is 0 Å². The van der Waals surface area contributed by atoms with Crippen LogP contribution in [0.4, 0.5) is 0 Å². The molecule has 0 radical (unpaired) electrons. The molecule has 1 saturated heterocycles. The summed E-state index contributed by atoms with van der Waals surface area (Å²) in [6.45, 7) is 5.59. The Bertz CT molecular complexity index is 418. The van der Waals surface area contributed by atoms with E-state index in [1.807, 2.05) is 36.1 Å². The molecule has 19 heavy (non-hydrogen) atoms. The van der Waals surface area contributed by atoms with Crippen LogP contribution < -0.4 is 4.74 Å². The highest BCUT2D eigenvalue weighted by Crippen LogP contribution is 2.16. The summed E-state index contributed by atoms with van der Waals surface area (Å²) in [5, 5.41) is 0. The van der Waals surface area contributed by atoms with E-state index < -0.39 is 0 Å². The first-order chi connectivity index (χ1) is 8.66. The number of ether oxygens (including phenoxy) is 1. The van der Waals surface area contributed by atoms with E-state index in [9.17, 15) is 4.79 Å². The van der Waals surface area contributed by atoms with E-state index in [0.29, 0.717) is 0 Å². The molecule has 5 heteroatoms. The summed E-state index contributed by atoms with van der Waals surface area (Å²) >= 11 is 0. The maximum absolute atomic E-state index is 12.0. The Morgan fingerprint density at radius 2 is 1.84 bits per heavy atom. The lowest BCUT2D eigenvalue weighted by atomic mass is 10.2. The maximum atomic E-state index is 12.0. The minimum atomic E-state index is 0. The number of nitrogens with zero attached hydrogens (tertiary/aromatic N) is 2. The van der Waals surface area contributed by atoms with Crippen molar-refractivity contribution in [1.29, 1.82) is 0 Å². The predicted octanol–water partition coefficient (Wildman–Crippen LogP) is 1.57. The first-order valence-electron chi connectivity index (χ1n) is 6.31. The number of piperazine rings is 1. The summed E-state index contributed by atoms with van der Waals surface area (Å²) in [6, 6.07) is 7.76. The molecule has 1 aromatic carbocycles. The molecule has 0 aliphatic carbocycles. The molecule has 0 unspecified atom stereocenters. The van der Waals surface area contributed by atoms with Crippen LogP contribution in [0, 0.1) is 6.92 Å². The number of carbonyl (C=O) groups excluding carboxylic acids is 1. The van der Waals surface area contributed by atoms with Crippen molar-refractivity contribution in [3.63, 3.8) is 0 Å². The summed E-state index contributed by atoms with van der Waals surface area (Å²) in [5.41, 5.74) is 1.06. The average Bonchev–Trinajstić information content (AvgIpc) is 2.38. The third-order valence-electron chi connectivity index (χ3n) is 3.30. The molecule has 1 amide bonds. The van der Waals surface area contributed by atoms with Crippen LogP contribution in [0.25, 0.3) is 0 Å². The van der Waals surface area contributed by atoms with Crippen LogP contribution in [0.1, 0.15) is 5.56 Å². The van der Waals surface area contributed by atoms with Crippen LogP contribution in [0.2, 0.25) is 0 Å². The Kier molecular flexibility index (Phi) is 6.12. The van der Waals surface area contributed by atoms with Crippen molar-refractivity contribution in [1.82, 2.24) is 9.80 Å². The number of para-hydroxylation sites is 1. The lowest BCUT2D eigenvalue weighted by molar-refractivity contribution is -0.134. The first kappa shape index (κ1) is 15.8. The number of hydrogen-bond acceptors (Lipinski definition) is 3. The highest BCUT2D eigenvalue weighted by molar-refractivity contribution is 5.85. The highest BCUT2D eigenvalue weighted by atomic mass is 35.5. The zero-order chi connectivity index (χ0) is 13.0. The minimum Gasteiger partial charge on any atom is -0.484 e. The van der Waals surface area contributed by atoms with Gasteiger partial charge in [-0.1, -0.05) is 18.2 Å². The number of hydrogen-bond donors (Lipinski definition) is 0. The van der Waals surface area contributed by atoms with Crippen LogP contribution in [0.5, 0.6) is 5.75 Å². The normalized spacial score (nSPS) is 15.8. The lowest BCUT2D eigenvalue weighted by Gasteiger charge is -2.32. The van der Waals surface area contributed by atoms with Crippen molar-refractivity contribution >= 4 is 18.3 Å². The van der Waals surface area contributed by atoms with Gasteiger partial charge >= 0.3 is 0 Å². The first-order valence-corrected chi connectivity index (χ1v) is 6.31. The van der Waals surface area contributed by atoms with Gasteiger partial charge in [-0.15, -0.1) is 12.4 Å². The fourth-order valence-electron chi connectivity index (χ4n) is 2.00. The molecule has 2 rings (SSSR count). The molecule has 0 N–H and O–H groups in total. The predicted molar refractivity (Wildman–Crippen MR) is 78.0 cm³/mol. The Morgan fingerprint density at radius 3 is 2.47 bits per heavy atom. The monoisotopic (exact) mass is 284 g/mol. The van der Waals surface area contributed by atoms with E-state index in [1.165, 1.54) is 0 Å². The molecule has 4 nitrogen and oxygen atoms in total.